The average Bonchev–Trinajstić information content (AvgIpc) is 2.66. The first-order valence-electron chi connectivity index (χ1n) is 10.3. The van der Waals surface area contributed by atoms with Crippen molar-refractivity contribution >= 4 is 17.8 Å². The zero-order valence-electron chi connectivity index (χ0n) is 18.2. The van der Waals surface area contributed by atoms with Crippen molar-refractivity contribution in [3.05, 3.63) is 35.9 Å². The number of nitrogens with two attached hydrogens (primary N) is 1. The highest BCUT2D eigenvalue weighted by Crippen LogP contribution is 2.10. The van der Waals surface area contributed by atoms with Gasteiger partial charge < -0.3 is 26.6 Å². The van der Waals surface area contributed by atoms with Crippen molar-refractivity contribution < 1.29 is 24.6 Å². The van der Waals surface area contributed by atoms with E-state index in [2.05, 4.69) is 10.6 Å². The molecule has 0 aliphatic heterocycles. The molecule has 0 saturated heterocycles. The summed E-state index contributed by atoms with van der Waals surface area (Å²) < 4.78 is 0. The number of aliphatic carboxylic acids is 1. The van der Waals surface area contributed by atoms with Gasteiger partial charge in [0.15, 0.2) is 0 Å². The lowest BCUT2D eigenvalue weighted by Gasteiger charge is -2.25. The number of carbonyl (C=O) groups excluding carboxylic acids is 2. The highest BCUT2D eigenvalue weighted by atomic mass is 16.4. The molecule has 30 heavy (non-hydrogen) atoms. The Morgan fingerprint density at radius 3 is 1.90 bits per heavy atom. The molecule has 4 atom stereocenters. The first-order valence-corrected chi connectivity index (χ1v) is 10.3. The zero-order chi connectivity index (χ0) is 22.8. The van der Waals surface area contributed by atoms with E-state index in [4.69, 9.17) is 5.73 Å². The molecule has 0 radical (unpaired) electrons. The minimum Gasteiger partial charge on any atom is -0.480 e. The summed E-state index contributed by atoms with van der Waals surface area (Å²) in [6, 6.07) is 6.38. The molecule has 168 valence electrons. The standard InChI is InChI=1S/C22H35N3O5/c1-13(2)10-17(20(27)25-18(22(29)30)11-14(3)4)24-21(28)19(26)16(23)12-15-8-6-5-7-9-15/h5-9,13-14,16-19,26H,10-12,23H2,1-4H3,(H,24,28)(H,25,27)(H,29,30)/t16?,17-,18-,19?/m0/s1. The molecule has 0 aliphatic carbocycles. The molecule has 0 heterocycles. The van der Waals surface area contributed by atoms with Crippen LogP contribution in [-0.2, 0) is 20.8 Å². The maximum atomic E-state index is 12.7. The first kappa shape index (κ1) is 25.6. The molecule has 1 aromatic carbocycles. The lowest BCUT2D eigenvalue weighted by molar-refractivity contribution is -0.143. The Morgan fingerprint density at radius 2 is 1.40 bits per heavy atom. The number of carbonyl (C=O) groups is 3. The molecule has 2 amide bonds. The minimum absolute atomic E-state index is 0.0598. The van der Waals surface area contributed by atoms with Gasteiger partial charge in [0.2, 0.25) is 5.91 Å². The molecular weight excluding hydrogens is 386 g/mol. The van der Waals surface area contributed by atoms with Gasteiger partial charge in [-0.05, 0) is 36.7 Å². The van der Waals surface area contributed by atoms with Gasteiger partial charge in [0.25, 0.3) is 5.91 Å². The Bertz CT molecular complexity index is 693. The molecule has 1 rings (SSSR count). The second-order valence-electron chi connectivity index (χ2n) is 8.52. The third-order valence-electron chi connectivity index (χ3n) is 4.65. The van der Waals surface area contributed by atoms with Gasteiger partial charge in [-0.25, -0.2) is 4.79 Å². The van der Waals surface area contributed by atoms with Crippen molar-refractivity contribution in [1.82, 2.24) is 10.6 Å². The van der Waals surface area contributed by atoms with Crippen LogP contribution in [0.25, 0.3) is 0 Å². The molecule has 0 bridgehead atoms. The molecule has 0 aromatic heterocycles. The fourth-order valence-corrected chi connectivity index (χ4v) is 3.12. The van der Waals surface area contributed by atoms with Crippen molar-refractivity contribution in [2.45, 2.75) is 71.2 Å². The SMILES string of the molecule is CC(C)C[C@H](NC(=O)[C@H](CC(C)C)NC(=O)C(O)C(N)Cc1ccccc1)C(=O)O. The van der Waals surface area contributed by atoms with Crippen LogP contribution in [0.1, 0.15) is 46.1 Å². The van der Waals surface area contributed by atoms with Crippen molar-refractivity contribution in [3.8, 4) is 0 Å². The lowest BCUT2D eigenvalue weighted by atomic mass is 9.99. The van der Waals surface area contributed by atoms with Crippen LogP contribution in [0.5, 0.6) is 0 Å². The average molecular weight is 422 g/mol. The molecule has 0 fully saturated rings. The van der Waals surface area contributed by atoms with Crippen LogP contribution in [-0.4, -0.2) is 52.2 Å². The summed E-state index contributed by atoms with van der Waals surface area (Å²) in [5.41, 5.74) is 6.87. The smallest absolute Gasteiger partial charge is 0.326 e. The summed E-state index contributed by atoms with van der Waals surface area (Å²) in [4.78, 5) is 36.7. The number of carboxylic acids is 1. The lowest BCUT2D eigenvalue weighted by Crippen LogP contribution is -2.56. The molecule has 0 saturated carbocycles. The Morgan fingerprint density at radius 1 is 0.900 bits per heavy atom. The maximum absolute atomic E-state index is 12.7. The van der Waals surface area contributed by atoms with E-state index < -0.39 is 42.0 Å². The summed E-state index contributed by atoms with van der Waals surface area (Å²) in [7, 11) is 0. The Labute approximate surface area is 178 Å². The highest BCUT2D eigenvalue weighted by molar-refractivity contribution is 5.91. The van der Waals surface area contributed by atoms with E-state index in [1.807, 2.05) is 58.0 Å². The number of aliphatic hydroxyl groups is 1. The van der Waals surface area contributed by atoms with Crippen LogP contribution >= 0.6 is 0 Å². The maximum Gasteiger partial charge on any atom is 0.326 e. The van der Waals surface area contributed by atoms with Crippen LogP contribution < -0.4 is 16.4 Å². The van der Waals surface area contributed by atoms with Crippen molar-refractivity contribution in [1.29, 1.82) is 0 Å². The third-order valence-corrected chi connectivity index (χ3v) is 4.65. The van der Waals surface area contributed by atoms with Gasteiger partial charge in [-0.15, -0.1) is 0 Å². The normalized spacial score (nSPS) is 15.3. The van der Waals surface area contributed by atoms with E-state index in [0.29, 0.717) is 12.8 Å². The van der Waals surface area contributed by atoms with Gasteiger partial charge in [0, 0.05) is 6.04 Å². The van der Waals surface area contributed by atoms with Crippen molar-refractivity contribution in [3.63, 3.8) is 0 Å². The second-order valence-corrected chi connectivity index (χ2v) is 8.52. The number of aliphatic hydroxyl groups excluding tert-OH is 1. The van der Waals surface area contributed by atoms with Crippen LogP contribution in [0.3, 0.4) is 0 Å². The number of benzene rings is 1. The molecule has 0 spiro atoms. The van der Waals surface area contributed by atoms with Gasteiger partial charge in [0.1, 0.15) is 18.2 Å². The van der Waals surface area contributed by atoms with Crippen molar-refractivity contribution in [2.24, 2.45) is 17.6 Å². The molecule has 8 heteroatoms. The minimum atomic E-state index is -1.50. The number of amides is 2. The fourth-order valence-electron chi connectivity index (χ4n) is 3.12. The zero-order valence-corrected chi connectivity index (χ0v) is 18.2. The van der Waals surface area contributed by atoms with Crippen molar-refractivity contribution in [2.75, 3.05) is 0 Å². The predicted molar refractivity (Wildman–Crippen MR) is 115 cm³/mol. The van der Waals surface area contributed by atoms with Gasteiger partial charge in [-0.1, -0.05) is 58.0 Å². The van der Waals surface area contributed by atoms with E-state index in [1.165, 1.54) is 0 Å². The second kappa shape index (κ2) is 12.3. The number of nitrogens with one attached hydrogen (secondary N) is 2. The molecule has 0 aliphatic rings. The Balaban J connectivity index is 2.80. The number of hydrogen-bond donors (Lipinski definition) is 5. The summed E-state index contributed by atoms with van der Waals surface area (Å²) in [6.07, 6.45) is -0.634. The fraction of sp³-hybridized carbons (Fsp3) is 0.591. The van der Waals surface area contributed by atoms with Gasteiger partial charge in [0.05, 0.1) is 0 Å². The number of hydrogen-bond acceptors (Lipinski definition) is 5. The third kappa shape index (κ3) is 8.92. The Kier molecular flexibility index (Phi) is 10.5. The van der Waals surface area contributed by atoms with Gasteiger partial charge >= 0.3 is 5.97 Å². The summed E-state index contributed by atoms with van der Waals surface area (Å²) in [5.74, 6) is -2.34. The molecule has 2 unspecified atom stereocenters. The Hall–Kier alpha value is -2.45. The molecule has 8 nitrogen and oxygen atoms in total. The predicted octanol–water partition coefficient (Wildman–Crippen LogP) is 1.06. The highest BCUT2D eigenvalue weighted by Gasteiger charge is 2.31. The number of rotatable bonds is 12. The van der Waals surface area contributed by atoms with Crippen LogP contribution in [0.2, 0.25) is 0 Å². The first-order chi connectivity index (χ1) is 14.0. The quantitative estimate of drug-likeness (QED) is 0.342. The summed E-state index contributed by atoms with van der Waals surface area (Å²) in [6.45, 7) is 7.49. The summed E-state index contributed by atoms with van der Waals surface area (Å²) in [5, 5.41) is 24.7. The van der Waals surface area contributed by atoms with E-state index in [1.54, 1.807) is 0 Å². The van der Waals surface area contributed by atoms with E-state index in [0.717, 1.165) is 5.56 Å². The topological polar surface area (TPSA) is 142 Å². The van der Waals surface area contributed by atoms with Gasteiger partial charge in [-0.3, -0.25) is 9.59 Å². The monoisotopic (exact) mass is 421 g/mol. The molecule has 6 N–H and O–H groups in total. The van der Waals surface area contributed by atoms with Crippen LogP contribution in [0.4, 0.5) is 0 Å². The van der Waals surface area contributed by atoms with E-state index >= 15 is 0 Å². The summed E-state index contributed by atoms with van der Waals surface area (Å²) >= 11 is 0. The van der Waals surface area contributed by atoms with E-state index in [9.17, 15) is 24.6 Å². The molecular formula is C22H35N3O5. The van der Waals surface area contributed by atoms with Gasteiger partial charge in [-0.2, -0.15) is 0 Å². The van der Waals surface area contributed by atoms with Crippen LogP contribution in [0, 0.1) is 11.8 Å². The number of carboxylic acid groups (broad SMARTS) is 1. The largest absolute Gasteiger partial charge is 0.480 e. The van der Waals surface area contributed by atoms with E-state index in [-0.39, 0.29) is 18.3 Å². The molecule has 1 aromatic rings. The van der Waals surface area contributed by atoms with Crippen LogP contribution in [0.15, 0.2) is 30.3 Å².